The molecule has 0 radical (unpaired) electrons. The maximum absolute atomic E-state index is 12.7. The number of carboxylic acid groups (broad SMARTS) is 1. The molecule has 1 unspecified atom stereocenters. The molecule has 1 heterocycles. The van der Waals surface area contributed by atoms with E-state index >= 15 is 0 Å². The number of benzene rings is 2. The van der Waals surface area contributed by atoms with Gasteiger partial charge in [0.2, 0.25) is 5.91 Å². The summed E-state index contributed by atoms with van der Waals surface area (Å²) in [5.41, 5.74) is 0.895. The molecule has 1 saturated heterocycles. The fourth-order valence-electron chi connectivity index (χ4n) is 3.35. The zero-order chi connectivity index (χ0) is 17.1. The number of fused-ring (bicyclic) bond motifs is 1. The number of carbonyl (C=O) groups is 2. The van der Waals surface area contributed by atoms with Crippen molar-refractivity contribution in [2.75, 3.05) is 13.7 Å². The van der Waals surface area contributed by atoms with Crippen molar-refractivity contribution in [2.24, 2.45) is 0 Å². The van der Waals surface area contributed by atoms with E-state index < -0.39 is 12.0 Å². The van der Waals surface area contributed by atoms with E-state index in [-0.39, 0.29) is 12.3 Å². The first-order valence-electron chi connectivity index (χ1n) is 8.18. The highest BCUT2D eigenvalue weighted by molar-refractivity contribution is 5.92. The Kier molecular flexibility index (Phi) is 4.69. The quantitative estimate of drug-likeness (QED) is 0.938. The van der Waals surface area contributed by atoms with Crippen LogP contribution in [-0.4, -0.2) is 41.6 Å². The van der Waals surface area contributed by atoms with Crippen molar-refractivity contribution in [3.8, 4) is 5.75 Å². The maximum Gasteiger partial charge on any atom is 0.326 e. The van der Waals surface area contributed by atoms with Crippen LogP contribution in [0.15, 0.2) is 36.4 Å². The van der Waals surface area contributed by atoms with E-state index in [0.29, 0.717) is 13.0 Å². The fourth-order valence-corrected chi connectivity index (χ4v) is 3.35. The molecule has 0 spiro atoms. The van der Waals surface area contributed by atoms with Crippen LogP contribution >= 0.6 is 0 Å². The second-order valence-corrected chi connectivity index (χ2v) is 6.12. The number of nitrogens with zero attached hydrogens (tertiary/aromatic N) is 1. The zero-order valence-electron chi connectivity index (χ0n) is 13.7. The summed E-state index contributed by atoms with van der Waals surface area (Å²) >= 11 is 0. The first-order chi connectivity index (χ1) is 11.6. The summed E-state index contributed by atoms with van der Waals surface area (Å²) in [6.07, 6.45) is 2.45. The summed E-state index contributed by atoms with van der Waals surface area (Å²) in [7, 11) is 1.61. The van der Waals surface area contributed by atoms with Gasteiger partial charge in [-0.1, -0.05) is 24.3 Å². The summed E-state index contributed by atoms with van der Waals surface area (Å²) in [5.74, 6) is -0.302. The number of hydrogen-bond acceptors (Lipinski definition) is 3. The Morgan fingerprint density at radius 2 is 2.08 bits per heavy atom. The largest absolute Gasteiger partial charge is 0.497 e. The number of ether oxygens (including phenoxy) is 1. The average Bonchev–Trinajstić information content (AvgIpc) is 2.61. The minimum Gasteiger partial charge on any atom is -0.497 e. The smallest absolute Gasteiger partial charge is 0.326 e. The van der Waals surface area contributed by atoms with Crippen molar-refractivity contribution in [3.63, 3.8) is 0 Å². The van der Waals surface area contributed by atoms with Crippen LogP contribution in [0.1, 0.15) is 24.8 Å². The topological polar surface area (TPSA) is 66.8 Å². The van der Waals surface area contributed by atoms with E-state index in [1.807, 2.05) is 36.4 Å². The van der Waals surface area contributed by atoms with Crippen molar-refractivity contribution in [3.05, 3.63) is 42.0 Å². The van der Waals surface area contributed by atoms with Crippen molar-refractivity contribution in [2.45, 2.75) is 31.7 Å². The van der Waals surface area contributed by atoms with Gasteiger partial charge in [0.15, 0.2) is 0 Å². The molecule has 5 heteroatoms. The lowest BCUT2D eigenvalue weighted by molar-refractivity contribution is -0.151. The summed E-state index contributed by atoms with van der Waals surface area (Å²) in [4.78, 5) is 25.6. The molecular formula is C19H21NO4. The molecule has 126 valence electrons. The molecule has 2 aromatic carbocycles. The molecule has 0 aliphatic carbocycles. The van der Waals surface area contributed by atoms with Crippen LogP contribution in [-0.2, 0) is 16.0 Å². The Morgan fingerprint density at radius 3 is 2.83 bits per heavy atom. The standard InChI is InChI=1S/C19H21NO4/c1-24-15-9-8-13-5-4-6-14(16(13)12-15)11-18(21)20-10-3-2-7-17(20)19(22)23/h4-6,8-9,12,17H,2-3,7,10-11H2,1H3,(H,22,23). The van der Waals surface area contributed by atoms with Crippen molar-refractivity contribution in [1.29, 1.82) is 0 Å². The summed E-state index contributed by atoms with van der Waals surface area (Å²) in [6.45, 7) is 0.518. The first-order valence-corrected chi connectivity index (χ1v) is 8.18. The van der Waals surface area contributed by atoms with Gasteiger partial charge in [0, 0.05) is 6.54 Å². The number of methoxy groups -OCH3 is 1. The normalized spacial score (nSPS) is 17.7. The number of carboxylic acids is 1. The van der Waals surface area contributed by atoms with Gasteiger partial charge in [-0.3, -0.25) is 4.79 Å². The Morgan fingerprint density at radius 1 is 1.25 bits per heavy atom. The van der Waals surface area contributed by atoms with Crippen LogP contribution in [0.2, 0.25) is 0 Å². The van der Waals surface area contributed by atoms with Gasteiger partial charge in [-0.2, -0.15) is 0 Å². The van der Waals surface area contributed by atoms with Crippen molar-refractivity contribution >= 4 is 22.6 Å². The van der Waals surface area contributed by atoms with E-state index in [9.17, 15) is 14.7 Å². The summed E-state index contributed by atoms with van der Waals surface area (Å²) in [6, 6.07) is 10.9. The highest BCUT2D eigenvalue weighted by atomic mass is 16.5. The van der Waals surface area contributed by atoms with E-state index in [2.05, 4.69) is 0 Å². The van der Waals surface area contributed by atoms with E-state index in [1.165, 1.54) is 4.90 Å². The van der Waals surface area contributed by atoms with Crippen LogP contribution in [0.4, 0.5) is 0 Å². The van der Waals surface area contributed by atoms with Gasteiger partial charge in [-0.25, -0.2) is 4.79 Å². The minimum atomic E-state index is -0.914. The molecule has 1 aliphatic heterocycles. The van der Waals surface area contributed by atoms with E-state index in [0.717, 1.165) is 34.9 Å². The van der Waals surface area contributed by atoms with Crippen molar-refractivity contribution < 1.29 is 19.4 Å². The molecule has 0 aromatic heterocycles. The van der Waals surface area contributed by atoms with Crippen LogP contribution in [0.25, 0.3) is 10.8 Å². The van der Waals surface area contributed by atoms with Gasteiger partial charge >= 0.3 is 5.97 Å². The number of rotatable bonds is 4. The highest BCUT2D eigenvalue weighted by Crippen LogP contribution is 2.26. The minimum absolute atomic E-state index is 0.127. The molecule has 5 nitrogen and oxygen atoms in total. The van der Waals surface area contributed by atoms with Gasteiger partial charge in [0.05, 0.1) is 13.5 Å². The first kappa shape index (κ1) is 16.3. The lowest BCUT2D eigenvalue weighted by Crippen LogP contribution is -2.48. The van der Waals surface area contributed by atoms with Crippen LogP contribution in [0, 0.1) is 0 Å². The van der Waals surface area contributed by atoms with Gasteiger partial charge in [-0.15, -0.1) is 0 Å². The monoisotopic (exact) mass is 327 g/mol. The van der Waals surface area contributed by atoms with E-state index in [1.54, 1.807) is 7.11 Å². The second-order valence-electron chi connectivity index (χ2n) is 6.12. The lowest BCUT2D eigenvalue weighted by atomic mass is 9.98. The lowest BCUT2D eigenvalue weighted by Gasteiger charge is -2.33. The molecule has 1 aliphatic rings. The second kappa shape index (κ2) is 6.91. The molecule has 2 aromatic rings. The molecule has 1 amide bonds. The molecule has 1 fully saturated rings. The van der Waals surface area contributed by atoms with Gasteiger partial charge < -0.3 is 14.7 Å². The predicted octanol–water partition coefficient (Wildman–Crippen LogP) is 2.86. The third kappa shape index (κ3) is 3.20. The number of likely N-dealkylation sites (tertiary alicyclic amines) is 1. The fraction of sp³-hybridized carbons (Fsp3) is 0.368. The Labute approximate surface area is 140 Å². The molecule has 24 heavy (non-hydrogen) atoms. The zero-order valence-corrected chi connectivity index (χ0v) is 13.7. The van der Waals surface area contributed by atoms with Gasteiger partial charge in [-0.05, 0) is 47.7 Å². The Balaban J connectivity index is 1.88. The third-order valence-corrected chi connectivity index (χ3v) is 4.63. The molecule has 3 rings (SSSR count). The molecule has 1 N–H and O–H groups in total. The van der Waals surface area contributed by atoms with Crippen LogP contribution < -0.4 is 4.74 Å². The van der Waals surface area contributed by atoms with E-state index in [4.69, 9.17) is 4.74 Å². The number of hydrogen-bond donors (Lipinski definition) is 1. The van der Waals surface area contributed by atoms with Crippen molar-refractivity contribution in [1.82, 2.24) is 4.90 Å². The van der Waals surface area contributed by atoms with Gasteiger partial charge in [0.25, 0.3) is 0 Å². The number of aliphatic carboxylic acids is 1. The van der Waals surface area contributed by atoms with Gasteiger partial charge in [0.1, 0.15) is 11.8 Å². The Hall–Kier alpha value is -2.56. The maximum atomic E-state index is 12.7. The number of carbonyl (C=O) groups excluding carboxylic acids is 1. The average molecular weight is 327 g/mol. The SMILES string of the molecule is COc1ccc2cccc(CC(=O)N3CCCCC3C(=O)O)c2c1. The third-order valence-electron chi connectivity index (χ3n) is 4.63. The number of amides is 1. The molecule has 0 bridgehead atoms. The summed E-state index contributed by atoms with van der Waals surface area (Å²) < 4.78 is 5.27. The van der Waals surface area contributed by atoms with Crippen LogP contribution in [0.5, 0.6) is 5.75 Å². The summed E-state index contributed by atoms with van der Waals surface area (Å²) in [5, 5.41) is 11.4. The molecular weight excluding hydrogens is 306 g/mol. The Bertz CT molecular complexity index is 771. The molecule has 0 saturated carbocycles. The number of piperidine rings is 1. The van der Waals surface area contributed by atoms with Crippen LogP contribution in [0.3, 0.4) is 0 Å². The predicted molar refractivity (Wildman–Crippen MR) is 91.2 cm³/mol. The highest BCUT2D eigenvalue weighted by Gasteiger charge is 2.31. The molecule has 1 atom stereocenters.